The minimum absolute atomic E-state index is 0.127. The number of hydrogen-bond donors (Lipinski definition) is 0. The summed E-state index contributed by atoms with van der Waals surface area (Å²) in [5, 5.41) is 0.985. The van der Waals surface area contributed by atoms with E-state index in [4.69, 9.17) is 4.42 Å². The minimum atomic E-state index is -0.948. The number of hydrogen-bond acceptors (Lipinski definition) is 3. The van der Waals surface area contributed by atoms with Crippen LogP contribution < -0.4 is 5.43 Å². The van der Waals surface area contributed by atoms with Crippen LogP contribution in [0.5, 0.6) is 0 Å². The second-order valence-electron chi connectivity index (χ2n) is 10.1. The van der Waals surface area contributed by atoms with E-state index in [9.17, 15) is 9.59 Å². The molecule has 0 radical (unpaired) electrons. The molecule has 1 aliphatic carbocycles. The quantitative estimate of drug-likeness (QED) is 0.389. The molecule has 0 bridgehead atoms. The number of para-hydroxylation sites is 1. The Morgan fingerprint density at radius 3 is 2.65 bits per heavy atom. The number of ketones is 1. The molecule has 0 N–H and O–H groups in total. The molecule has 5 heteroatoms. The van der Waals surface area contributed by atoms with Crippen molar-refractivity contribution in [1.29, 1.82) is 0 Å². The summed E-state index contributed by atoms with van der Waals surface area (Å²) in [6.07, 6.45) is 5.40. The molecular formula is C26H26FNO3. The van der Waals surface area contributed by atoms with Gasteiger partial charge in [0.1, 0.15) is 11.3 Å². The highest BCUT2D eigenvalue weighted by Crippen LogP contribution is 2.52. The van der Waals surface area contributed by atoms with Crippen LogP contribution in [-0.2, 0) is 12.0 Å². The molecule has 3 heterocycles. The van der Waals surface area contributed by atoms with Crippen LogP contribution in [0.25, 0.3) is 22.4 Å². The van der Waals surface area contributed by atoms with Crippen molar-refractivity contribution in [2.75, 3.05) is 0 Å². The fourth-order valence-corrected chi connectivity index (χ4v) is 4.80. The maximum Gasteiger partial charge on any atom is 0.229 e. The third-order valence-electron chi connectivity index (χ3n) is 7.35. The van der Waals surface area contributed by atoms with Gasteiger partial charge in [0.15, 0.2) is 17.4 Å². The lowest BCUT2D eigenvalue weighted by atomic mass is 9.69. The summed E-state index contributed by atoms with van der Waals surface area (Å²) in [6, 6.07) is 6.13. The van der Waals surface area contributed by atoms with Crippen LogP contribution in [0.3, 0.4) is 0 Å². The van der Waals surface area contributed by atoms with Crippen molar-refractivity contribution >= 4 is 16.8 Å². The largest absolute Gasteiger partial charge is 0.454 e. The lowest BCUT2D eigenvalue weighted by Gasteiger charge is -2.47. The van der Waals surface area contributed by atoms with Crippen LogP contribution in [-0.4, -0.2) is 10.4 Å². The molecule has 0 unspecified atom stereocenters. The van der Waals surface area contributed by atoms with Crippen molar-refractivity contribution in [3.63, 3.8) is 0 Å². The van der Waals surface area contributed by atoms with Gasteiger partial charge in [0.2, 0.25) is 5.43 Å². The van der Waals surface area contributed by atoms with Gasteiger partial charge in [0, 0.05) is 23.6 Å². The first-order chi connectivity index (χ1) is 14.6. The molecule has 1 saturated carbocycles. The molecule has 4 nitrogen and oxygen atoms in total. The summed E-state index contributed by atoms with van der Waals surface area (Å²) in [5.41, 5.74) is 0.987. The van der Waals surface area contributed by atoms with Crippen molar-refractivity contribution in [2.45, 2.75) is 58.4 Å². The van der Waals surface area contributed by atoms with Gasteiger partial charge in [-0.25, -0.2) is 4.39 Å². The highest BCUT2D eigenvalue weighted by molar-refractivity contribution is 6.04. The molecule has 3 aromatic rings. The number of allylic oxidation sites excluding steroid dienone is 1. The summed E-state index contributed by atoms with van der Waals surface area (Å²) in [5.74, 6) is -0.653. The van der Waals surface area contributed by atoms with Gasteiger partial charge in [-0.1, -0.05) is 45.5 Å². The van der Waals surface area contributed by atoms with E-state index < -0.39 is 22.6 Å². The number of carbonyl (C=O) groups is 1. The smallest absolute Gasteiger partial charge is 0.229 e. The summed E-state index contributed by atoms with van der Waals surface area (Å²) in [7, 11) is 0. The first kappa shape index (κ1) is 20.0. The summed E-state index contributed by atoms with van der Waals surface area (Å²) in [4.78, 5) is 25.1. The first-order valence-electron chi connectivity index (χ1n) is 10.8. The summed E-state index contributed by atoms with van der Waals surface area (Å²) >= 11 is 0. The standard InChI is InChI=1S/C26H26FNO3/c1-6-19(29)18-13-28-21(20(27)22(18)30)24-17(12-26(28,5)25(2,3)4)16-9-7-8-15(14-10-11-14)23(16)31-24/h6-9,13-14H,1,10-12H2,2-5H3/t26-/m0/s1. The average molecular weight is 419 g/mol. The van der Waals surface area contributed by atoms with Crippen molar-refractivity contribution < 1.29 is 13.6 Å². The Kier molecular flexibility index (Phi) is 4.05. The average Bonchev–Trinajstić information content (AvgIpc) is 3.50. The van der Waals surface area contributed by atoms with Gasteiger partial charge in [-0.2, -0.15) is 0 Å². The molecule has 0 amide bonds. The van der Waals surface area contributed by atoms with E-state index in [1.54, 1.807) is 4.57 Å². The van der Waals surface area contributed by atoms with Crippen LogP contribution >= 0.6 is 0 Å². The molecule has 1 aliphatic heterocycles. The molecule has 1 atom stereocenters. The van der Waals surface area contributed by atoms with Crippen molar-refractivity contribution in [2.24, 2.45) is 5.41 Å². The fourth-order valence-electron chi connectivity index (χ4n) is 4.80. The molecule has 5 rings (SSSR count). The van der Waals surface area contributed by atoms with Crippen LogP contribution in [0.15, 0.2) is 46.3 Å². The summed E-state index contributed by atoms with van der Waals surface area (Å²) in [6.45, 7) is 11.8. The van der Waals surface area contributed by atoms with Gasteiger partial charge < -0.3 is 8.98 Å². The van der Waals surface area contributed by atoms with Gasteiger partial charge in [-0.05, 0) is 42.7 Å². The Balaban J connectivity index is 1.91. The Bertz CT molecular complexity index is 1330. The SMILES string of the molecule is C=CC(=O)c1cn2c(c(F)c1=O)-c1oc3c(C4CC4)cccc3c1C[C@@]2(C)C(C)(C)C. The Labute approximate surface area is 180 Å². The molecule has 2 aromatic heterocycles. The van der Waals surface area contributed by atoms with Crippen LogP contribution in [0, 0.1) is 11.2 Å². The van der Waals surface area contributed by atoms with E-state index >= 15 is 4.39 Å². The van der Waals surface area contributed by atoms with Gasteiger partial charge in [-0.15, -0.1) is 0 Å². The zero-order chi connectivity index (χ0) is 22.3. The maximum absolute atomic E-state index is 15.7. The van der Waals surface area contributed by atoms with Crippen molar-refractivity contribution in [3.8, 4) is 11.5 Å². The first-order valence-corrected chi connectivity index (χ1v) is 10.8. The zero-order valence-electron chi connectivity index (χ0n) is 18.3. The Morgan fingerprint density at radius 2 is 2.03 bits per heavy atom. The van der Waals surface area contributed by atoms with Crippen molar-refractivity contribution in [1.82, 2.24) is 4.57 Å². The topological polar surface area (TPSA) is 52.2 Å². The predicted octanol–water partition coefficient (Wildman–Crippen LogP) is 5.96. The normalized spacial score (nSPS) is 20.4. The lowest BCUT2D eigenvalue weighted by Crippen LogP contribution is -2.48. The van der Waals surface area contributed by atoms with E-state index in [0.29, 0.717) is 18.1 Å². The number of nitrogens with zero attached hydrogens (tertiary/aromatic N) is 1. The van der Waals surface area contributed by atoms with Gasteiger partial charge in [0.05, 0.1) is 11.1 Å². The van der Waals surface area contributed by atoms with Gasteiger partial charge >= 0.3 is 0 Å². The van der Waals surface area contributed by atoms with Crippen LogP contribution in [0.1, 0.15) is 67.9 Å². The van der Waals surface area contributed by atoms with Crippen LogP contribution in [0.4, 0.5) is 4.39 Å². The predicted molar refractivity (Wildman–Crippen MR) is 119 cm³/mol. The second kappa shape index (κ2) is 6.28. The molecular weight excluding hydrogens is 393 g/mol. The Morgan fingerprint density at radius 1 is 1.32 bits per heavy atom. The van der Waals surface area contributed by atoms with E-state index in [2.05, 4.69) is 40.3 Å². The number of carbonyl (C=O) groups excluding carboxylic acids is 1. The molecule has 2 aliphatic rings. The highest BCUT2D eigenvalue weighted by Gasteiger charge is 2.47. The molecule has 160 valence electrons. The zero-order valence-corrected chi connectivity index (χ0v) is 18.3. The molecule has 0 saturated heterocycles. The lowest BCUT2D eigenvalue weighted by molar-refractivity contribution is 0.102. The molecule has 1 fully saturated rings. The van der Waals surface area contributed by atoms with E-state index in [0.717, 1.165) is 41.0 Å². The molecule has 31 heavy (non-hydrogen) atoms. The van der Waals surface area contributed by atoms with E-state index in [1.807, 2.05) is 12.1 Å². The number of rotatable bonds is 3. The molecule has 1 aromatic carbocycles. The second-order valence-corrected chi connectivity index (χ2v) is 10.1. The third kappa shape index (κ3) is 2.65. The number of aromatic nitrogens is 1. The number of furan rings is 1. The number of fused-ring (bicyclic) bond motifs is 5. The maximum atomic E-state index is 15.7. The number of halogens is 1. The van der Waals surface area contributed by atoms with E-state index in [1.165, 1.54) is 6.20 Å². The Hall–Kier alpha value is -2.95. The van der Waals surface area contributed by atoms with Crippen molar-refractivity contribution in [3.05, 3.63) is 69.8 Å². The number of pyridine rings is 1. The van der Waals surface area contributed by atoms with Gasteiger partial charge in [0.25, 0.3) is 0 Å². The van der Waals surface area contributed by atoms with Crippen LogP contribution in [0.2, 0.25) is 0 Å². The highest BCUT2D eigenvalue weighted by atomic mass is 19.1. The molecule has 0 spiro atoms. The monoisotopic (exact) mass is 419 g/mol. The van der Waals surface area contributed by atoms with E-state index in [-0.39, 0.29) is 16.7 Å². The van der Waals surface area contributed by atoms with Gasteiger partial charge in [-0.3, -0.25) is 9.59 Å². The minimum Gasteiger partial charge on any atom is -0.454 e. The number of benzene rings is 1. The third-order valence-corrected chi connectivity index (χ3v) is 7.35. The summed E-state index contributed by atoms with van der Waals surface area (Å²) < 4.78 is 23.7. The fraction of sp³-hybridized carbons (Fsp3) is 0.385.